The van der Waals surface area contributed by atoms with E-state index in [2.05, 4.69) is 4.74 Å². The van der Waals surface area contributed by atoms with Gasteiger partial charge in [-0.3, -0.25) is 4.79 Å². The Hall–Kier alpha value is -1.45. The van der Waals surface area contributed by atoms with Crippen molar-refractivity contribution in [3.8, 4) is 0 Å². The SMILES string of the molecule is COC(=O)C(O)(NC(C)=O)C(F)(F)C(F)(F)F. The summed E-state index contributed by atoms with van der Waals surface area (Å²) >= 11 is 0. The smallest absolute Gasteiger partial charge is 0.459 e. The number of methoxy groups -OCH3 is 1. The summed E-state index contributed by atoms with van der Waals surface area (Å²) in [6, 6.07) is 0. The monoisotopic (exact) mass is 265 g/mol. The highest BCUT2D eigenvalue weighted by Crippen LogP contribution is 2.42. The zero-order valence-electron chi connectivity index (χ0n) is 8.56. The highest BCUT2D eigenvalue weighted by Gasteiger charge is 2.75. The fourth-order valence-corrected chi connectivity index (χ4v) is 0.865. The number of amides is 1. The van der Waals surface area contributed by atoms with Crippen LogP contribution in [0.15, 0.2) is 0 Å². The fourth-order valence-electron chi connectivity index (χ4n) is 0.865. The number of halogens is 5. The van der Waals surface area contributed by atoms with Gasteiger partial charge in [0.15, 0.2) is 0 Å². The van der Waals surface area contributed by atoms with E-state index in [-0.39, 0.29) is 0 Å². The molecule has 2 N–H and O–H groups in total. The molecule has 1 amide bonds. The molecule has 1 atom stereocenters. The molecule has 0 radical (unpaired) electrons. The lowest BCUT2D eigenvalue weighted by Gasteiger charge is -2.34. The Morgan fingerprint density at radius 1 is 1.18 bits per heavy atom. The minimum absolute atomic E-state index is 0.474. The third-order valence-corrected chi connectivity index (χ3v) is 1.65. The van der Waals surface area contributed by atoms with Crippen LogP contribution < -0.4 is 5.32 Å². The van der Waals surface area contributed by atoms with Crippen molar-refractivity contribution in [1.82, 2.24) is 5.32 Å². The van der Waals surface area contributed by atoms with E-state index in [1.54, 1.807) is 0 Å². The zero-order chi connectivity index (χ0) is 14.1. The van der Waals surface area contributed by atoms with Gasteiger partial charge in [0.25, 0.3) is 0 Å². The Balaban J connectivity index is 5.62. The molecule has 0 saturated carbocycles. The van der Waals surface area contributed by atoms with Gasteiger partial charge in [-0.1, -0.05) is 0 Å². The maximum Gasteiger partial charge on any atom is 0.459 e. The summed E-state index contributed by atoms with van der Waals surface area (Å²) in [5, 5.41) is 9.86. The summed E-state index contributed by atoms with van der Waals surface area (Å²) < 4.78 is 65.4. The molecule has 10 heteroatoms. The fraction of sp³-hybridized carbons (Fsp3) is 0.714. The third-order valence-electron chi connectivity index (χ3n) is 1.65. The van der Waals surface area contributed by atoms with Crippen molar-refractivity contribution < 1.29 is 41.4 Å². The van der Waals surface area contributed by atoms with Crippen molar-refractivity contribution in [3.05, 3.63) is 0 Å². The normalized spacial score (nSPS) is 16.0. The van der Waals surface area contributed by atoms with Gasteiger partial charge in [0.05, 0.1) is 7.11 Å². The number of nitrogens with one attached hydrogen (secondary N) is 1. The lowest BCUT2D eigenvalue weighted by molar-refractivity contribution is -0.341. The molecule has 0 aromatic carbocycles. The van der Waals surface area contributed by atoms with Crippen LogP contribution in [0, 0.1) is 0 Å². The second-order valence-electron chi connectivity index (χ2n) is 2.96. The molecular formula is C7H8F5NO4. The molecule has 0 aliphatic heterocycles. The predicted molar refractivity (Wildman–Crippen MR) is 41.8 cm³/mol. The van der Waals surface area contributed by atoms with Crippen molar-refractivity contribution in [2.24, 2.45) is 0 Å². The molecule has 0 aliphatic carbocycles. The lowest BCUT2D eigenvalue weighted by Crippen LogP contribution is -2.70. The first-order valence-electron chi connectivity index (χ1n) is 3.94. The molecular weight excluding hydrogens is 257 g/mol. The van der Waals surface area contributed by atoms with E-state index in [9.17, 15) is 31.5 Å². The molecule has 100 valence electrons. The van der Waals surface area contributed by atoms with Crippen LogP contribution >= 0.6 is 0 Å². The first kappa shape index (κ1) is 15.5. The van der Waals surface area contributed by atoms with Crippen LogP contribution in [0.1, 0.15) is 6.92 Å². The van der Waals surface area contributed by atoms with Crippen LogP contribution in [0.4, 0.5) is 22.0 Å². The first-order valence-corrected chi connectivity index (χ1v) is 3.94. The highest BCUT2D eigenvalue weighted by atomic mass is 19.4. The van der Waals surface area contributed by atoms with Crippen LogP contribution in [-0.2, 0) is 14.3 Å². The number of carbonyl (C=O) groups excluding carboxylic acids is 2. The van der Waals surface area contributed by atoms with E-state index >= 15 is 0 Å². The summed E-state index contributed by atoms with van der Waals surface area (Å²) in [5.41, 5.74) is -4.51. The first-order chi connectivity index (χ1) is 7.40. The lowest BCUT2D eigenvalue weighted by atomic mass is 10.1. The predicted octanol–water partition coefficient (Wildman–Crippen LogP) is 0.182. The van der Waals surface area contributed by atoms with Crippen molar-refractivity contribution in [3.63, 3.8) is 0 Å². The van der Waals surface area contributed by atoms with E-state index in [0.29, 0.717) is 14.0 Å². The summed E-state index contributed by atoms with van der Waals surface area (Å²) in [7, 11) is 0.474. The van der Waals surface area contributed by atoms with Crippen LogP contribution in [0.5, 0.6) is 0 Å². The average molecular weight is 265 g/mol. The Morgan fingerprint density at radius 3 is 1.82 bits per heavy atom. The molecule has 0 spiro atoms. The topological polar surface area (TPSA) is 75.6 Å². The number of alkyl halides is 5. The zero-order valence-corrected chi connectivity index (χ0v) is 8.56. The number of carbonyl (C=O) groups is 2. The Bertz CT molecular complexity index is 329. The summed E-state index contributed by atoms with van der Waals surface area (Å²) in [5.74, 6) is -9.71. The van der Waals surface area contributed by atoms with Gasteiger partial charge in [-0.05, 0) is 0 Å². The Labute approximate surface area is 91.5 Å². The van der Waals surface area contributed by atoms with Gasteiger partial charge in [0, 0.05) is 6.92 Å². The molecule has 5 nitrogen and oxygen atoms in total. The molecule has 0 fully saturated rings. The Kier molecular flexibility index (Phi) is 4.05. The average Bonchev–Trinajstić information content (AvgIpc) is 2.13. The molecule has 0 rings (SSSR count). The molecule has 17 heavy (non-hydrogen) atoms. The van der Waals surface area contributed by atoms with Crippen molar-refractivity contribution in [2.45, 2.75) is 24.7 Å². The van der Waals surface area contributed by atoms with Gasteiger partial charge in [0.1, 0.15) is 0 Å². The van der Waals surface area contributed by atoms with Gasteiger partial charge in [-0.25, -0.2) is 4.79 Å². The number of hydrogen-bond donors (Lipinski definition) is 2. The summed E-state index contributed by atoms with van der Waals surface area (Å²) in [6.07, 6.45) is -6.25. The van der Waals surface area contributed by atoms with Gasteiger partial charge >= 0.3 is 23.8 Å². The van der Waals surface area contributed by atoms with Gasteiger partial charge in [-0.15, -0.1) is 0 Å². The quantitative estimate of drug-likeness (QED) is 0.433. The molecule has 1 unspecified atom stereocenters. The molecule has 0 aromatic heterocycles. The van der Waals surface area contributed by atoms with Gasteiger partial charge in [-0.2, -0.15) is 22.0 Å². The number of ether oxygens (including phenoxy) is 1. The minimum atomic E-state index is -6.25. The van der Waals surface area contributed by atoms with Crippen LogP contribution in [0.3, 0.4) is 0 Å². The van der Waals surface area contributed by atoms with E-state index in [4.69, 9.17) is 5.11 Å². The molecule has 0 heterocycles. The number of hydrogen-bond acceptors (Lipinski definition) is 4. The maximum atomic E-state index is 12.9. The number of rotatable bonds is 3. The van der Waals surface area contributed by atoms with E-state index in [1.807, 2.05) is 0 Å². The van der Waals surface area contributed by atoms with E-state index in [0.717, 1.165) is 5.32 Å². The molecule has 0 bridgehead atoms. The summed E-state index contributed by atoms with van der Waals surface area (Å²) in [4.78, 5) is 21.3. The van der Waals surface area contributed by atoms with Crippen LogP contribution in [0.2, 0.25) is 0 Å². The van der Waals surface area contributed by atoms with Crippen molar-refractivity contribution >= 4 is 11.9 Å². The second kappa shape index (κ2) is 4.43. The number of esters is 1. The van der Waals surface area contributed by atoms with Crippen LogP contribution in [0.25, 0.3) is 0 Å². The summed E-state index contributed by atoms with van der Waals surface area (Å²) in [6.45, 7) is 0.542. The van der Waals surface area contributed by atoms with Crippen LogP contribution in [-0.4, -0.2) is 41.9 Å². The molecule has 0 saturated heterocycles. The van der Waals surface area contributed by atoms with E-state index in [1.165, 1.54) is 0 Å². The second-order valence-corrected chi connectivity index (χ2v) is 2.96. The third kappa shape index (κ3) is 2.62. The molecule has 0 aliphatic rings. The maximum absolute atomic E-state index is 12.9. The van der Waals surface area contributed by atoms with Crippen molar-refractivity contribution in [2.75, 3.05) is 7.11 Å². The highest BCUT2D eigenvalue weighted by molar-refractivity contribution is 5.86. The van der Waals surface area contributed by atoms with Crippen molar-refractivity contribution in [1.29, 1.82) is 0 Å². The molecule has 0 aromatic rings. The Morgan fingerprint density at radius 2 is 1.59 bits per heavy atom. The van der Waals surface area contributed by atoms with Gasteiger partial charge in [0.2, 0.25) is 5.91 Å². The standard InChI is InChI=1S/C7H8F5NO4/c1-3(14)13-5(16,4(15)17-2)6(8,9)7(10,11)12/h16H,1-2H3,(H,13,14). The van der Waals surface area contributed by atoms with E-state index < -0.39 is 29.7 Å². The number of aliphatic hydroxyl groups is 1. The van der Waals surface area contributed by atoms with Gasteiger partial charge < -0.3 is 15.2 Å². The largest absolute Gasteiger partial charge is 0.465 e. The minimum Gasteiger partial charge on any atom is -0.465 e.